The number of fused-ring (bicyclic) bond motifs is 3. The van der Waals surface area contributed by atoms with E-state index in [1.54, 1.807) is 0 Å². The van der Waals surface area contributed by atoms with Gasteiger partial charge in [-0.15, -0.1) is 0 Å². The molecule has 0 amide bonds. The number of rotatable bonds is 3. The van der Waals surface area contributed by atoms with E-state index >= 15 is 0 Å². The predicted octanol–water partition coefficient (Wildman–Crippen LogP) is 5.12. The van der Waals surface area contributed by atoms with Crippen molar-refractivity contribution in [1.82, 2.24) is 0 Å². The van der Waals surface area contributed by atoms with Crippen LogP contribution in [0.4, 0.5) is 0 Å². The highest BCUT2D eigenvalue weighted by atomic mass is 16.7. The van der Waals surface area contributed by atoms with Crippen molar-refractivity contribution in [2.24, 2.45) is 0 Å². The third kappa shape index (κ3) is 2.60. The highest BCUT2D eigenvalue weighted by molar-refractivity contribution is 5.89. The van der Waals surface area contributed by atoms with Crippen molar-refractivity contribution in [3.8, 4) is 5.75 Å². The smallest absolute Gasteiger partial charge is 0.200 e. The van der Waals surface area contributed by atoms with Gasteiger partial charge in [-0.05, 0) is 29.3 Å². The van der Waals surface area contributed by atoms with Crippen LogP contribution >= 0.6 is 0 Å². The highest BCUT2D eigenvalue weighted by Crippen LogP contribution is 2.44. The lowest BCUT2D eigenvalue weighted by Crippen LogP contribution is -2.29. The second-order valence-electron chi connectivity index (χ2n) is 5.90. The third-order valence-electron chi connectivity index (χ3n) is 4.52. The Bertz CT molecular complexity index is 810. The summed E-state index contributed by atoms with van der Waals surface area (Å²) in [7, 11) is 0. The summed E-state index contributed by atoms with van der Waals surface area (Å²) < 4.78 is 11.9. The van der Waals surface area contributed by atoms with Crippen LogP contribution in [0.15, 0.2) is 66.7 Å². The molecule has 23 heavy (non-hydrogen) atoms. The molecule has 0 saturated heterocycles. The summed E-state index contributed by atoms with van der Waals surface area (Å²) in [6, 6.07) is 23.4. The van der Waals surface area contributed by atoms with Crippen LogP contribution in [0.2, 0.25) is 0 Å². The van der Waals surface area contributed by atoms with Gasteiger partial charge in [-0.25, -0.2) is 0 Å². The van der Waals surface area contributed by atoms with E-state index in [0.29, 0.717) is 12.5 Å². The maximum absolute atomic E-state index is 6.11. The van der Waals surface area contributed by atoms with Crippen LogP contribution in [0.25, 0.3) is 10.8 Å². The number of hydrogen-bond acceptors (Lipinski definition) is 2. The van der Waals surface area contributed by atoms with Crippen molar-refractivity contribution in [1.29, 1.82) is 0 Å². The van der Waals surface area contributed by atoms with Gasteiger partial charge in [0.25, 0.3) is 0 Å². The fourth-order valence-corrected chi connectivity index (χ4v) is 3.51. The molecule has 0 N–H and O–H groups in total. The van der Waals surface area contributed by atoms with E-state index in [2.05, 4.69) is 66.7 Å². The monoisotopic (exact) mass is 304 g/mol. The van der Waals surface area contributed by atoms with Gasteiger partial charge in [0.15, 0.2) is 0 Å². The molecule has 3 aromatic carbocycles. The maximum atomic E-state index is 6.11. The zero-order valence-corrected chi connectivity index (χ0v) is 13.2. The summed E-state index contributed by atoms with van der Waals surface area (Å²) in [6.07, 6.45) is 0.664. The lowest BCUT2D eigenvalue weighted by atomic mass is 9.83. The lowest BCUT2D eigenvalue weighted by molar-refractivity contribution is -0.0891. The van der Waals surface area contributed by atoms with Gasteiger partial charge in [0.1, 0.15) is 5.75 Å². The topological polar surface area (TPSA) is 18.5 Å². The first-order valence-corrected chi connectivity index (χ1v) is 8.21. The van der Waals surface area contributed by atoms with Crippen molar-refractivity contribution >= 4 is 10.8 Å². The minimum absolute atomic E-state index is 0.182. The lowest BCUT2D eigenvalue weighted by Gasteiger charge is -2.33. The van der Waals surface area contributed by atoms with Gasteiger partial charge in [0.05, 0.1) is 0 Å². The van der Waals surface area contributed by atoms with Crippen LogP contribution in [0, 0.1) is 0 Å². The van der Waals surface area contributed by atoms with Crippen LogP contribution < -0.4 is 4.74 Å². The molecule has 1 heterocycles. The van der Waals surface area contributed by atoms with Gasteiger partial charge >= 0.3 is 0 Å². The van der Waals surface area contributed by atoms with Crippen LogP contribution in [0.3, 0.4) is 0 Å². The van der Waals surface area contributed by atoms with Gasteiger partial charge in [-0.1, -0.05) is 60.7 Å². The van der Waals surface area contributed by atoms with Crippen molar-refractivity contribution in [3.05, 3.63) is 77.9 Å². The second-order valence-corrected chi connectivity index (χ2v) is 5.90. The Hall–Kier alpha value is -2.32. The highest BCUT2D eigenvalue weighted by Gasteiger charge is 2.31. The molecule has 1 aliphatic heterocycles. The SMILES string of the molecule is CCO[C@@H]1C[C@@H](c2ccccc2)c2c(ccc3ccccc23)O1. The van der Waals surface area contributed by atoms with Gasteiger partial charge in [0, 0.05) is 24.5 Å². The van der Waals surface area contributed by atoms with Crippen molar-refractivity contribution in [2.45, 2.75) is 25.6 Å². The zero-order valence-electron chi connectivity index (χ0n) is 13.2. The van der Waals surface area contributed by atoms with Crippen molar-refractivity contribution < 1.29 is 9.47 Å². The molecule has 0 aliphatic carbocycles. The molecule has 4 rings (SSSR count). The molecule has 0 aromatic heterocycles. The van der Waals surface area contributed by atoms with Crippen LogP contribution in [-0.4, -0.2) is 12.9 Å². The van der Waals surface area contributed by atoms with Crippen molar-refractivity contribution in [2.75, 3.05) is 6.61 Å². The molecular formula is C21H20O2. The first-order chi connectivity index (χ1) is 11.4. The second kappa shape index (κ2) is 6.05. The van der Waals surface area contributed by atoms with E-state index in [-0.39, 0.29) is 6.29 Å². The average Bonchev–Trinajstić information content (AvgIpc) is 2.62. The molecule has 0 radical (unpaired) electrons. The normalized spacial score (nSPS) is 20.0. The van der Waals surface area contributed by atoms with Crippen LogP contribution in [0.1, 0.15) is 30.4 Å². The Labute approximate surface area is 136 Å². The Morgan fingerprint density at radius 3 is 2.57 bits per heavy atom. The summed E-state index contributed by atoms with van der Waals surface area (Å²) >= 11 is 0. The predicted molar refractivity (Wildman–Crippen MR) is 92.9 cm³/mol. The Kier molecular flexibility index (Phi) is 3.76. The minimum Gasteiger partial charge on any atom is -0.465 e. The molecule has 3 aromatic rings. The minimum atomic E-state index is -0.182. The summed E-state index contributed by atoms with van der Waals surface area (Å²) in [5.74, 6) is 1.24. The standard InChI is InChI=1S/C21H20O2/c1-2-22-20-14-18(15-8-4-3-5-9-15)21-17-11-7-6-10-16(17)12-13-19(21)23-20/h3-13,18,20H,2,14H2,1H3/t18-,20-/m0/s1. The van der Waals surface area contributed by atoms with E-state index in [1.165, 1.54) is 21.9 Å². The number of benzene rings is 3. The maximum Gasteiger partial charge on any atom is 0.200 e. The summed E-state index contributed by atoms with van der Waals surface area (Å²) in [4.78, 5) is 0. The van der Waals surface area contributed by atoms with Gasteiger partial charge in [0.2, 0.25) is 6.29 Å². The summed E-state index contributed by atoms with van der Waals surface area (Å²) in [5.41, 5.74) is 2.60. The summed E-state index contributed by atoms with van der Waals surface area (Å²) in [5, 5.41) is 2.53. The van der Waals surface area contributed by atoms with Gasteiger partial charge < -0.3 is 9.47 Å². The molecule has 0 bridgehead atoms. The molecule has 2 nitrogen and oxygen atoms in total. The van der Waals surface area contributed by atoms with Crippen LogP contribution in [-0.2, 0) is 4.74 Å². The molecular weight excluding hydrogens is 284 g/mol. The van der Waals surface area contributed by atoms with E-state index in [1.807, 2.05) is 6.92 Å². The van der Waals surface area contributed by atoms with E-state index in [4.69, 9.17) is 9.47 Å². The fourth-order valence-electron chi connectivity index (χ4n) is 3.51. The van der Waals surface area contributed by atoms with E-state index in [0.717, 1.165) is 12.2 Å². The largest absolute Gasteiger partial charge is 0.465 e. The Morgan fingerprint density at radius 2 is 1.74 bits per heavy atom. The van der Waals surface area contributed by atoms with E-state index < -0.39 is 0 Å². The zero-order chi connectivity index (χ0) is 15.6. The first-order valence-electron chi connectivity index (χ1n) is 8.21. The summed E-state index contributed by atoms with van der Waals surface area (Å²) in [6.45, 7) is 2.67. The Morgan fingerprint density at radius 1 is 0.957 bits per heavy atom. The molecule has 0 spiro atoms. The quantitative estimate of drug-likeness (QED) is 0.669. The Balaban J connectivity index is 1.90. The molecule has 2 atom stereocenters. The molecule has 0 saturated carbocycles. The molecule has 1 aliphatic rings. The molecule has 0 fully saturated rings. The van der Waals surface area contributed by atoms with Crippen molar-refractivity contribution in [3.63, 3.8) is 0 Å². The van der Waals surface area contributed by atoms with Crippen LogP contribution in [0.5, 0.6) is 5.75 Å². The average molecular weight is 304 g/mol. The van der Waals surface area contributed by atoms with E-state index in [9.17, 15) is 0 Å². The molecule has 0 unspecified atom stereocenters. The number of hydrogen-bond donors (Lipinski definition) is 0. The fraction of sp³-hybridized carbons (Fsp3) is 0.238. The first kappa shape index (κ1) is 14.3. The van der Waals surface area contributed by atoms with Gasteiger partial charge in [-0.2, -0.15) is 0 Å². The number of ether oxygens (including phenoxy) is 2. The van der Waals surface area contributed by atoms with Gasteiger partial charge in [-0.3, -0.25) is 0 Å². The third-order valence-corrected chi connectivity index (χ3v) is 4.52. The molecule has 116 valence electrons. The molecule has 2 heteroatoms.